The van der Waals surface area contributed by atoms with Crippen molar-refractivity contribution >= 4 is 5.97 Å². The minimum absolute atomic E-state index is 0.186. The molecule has 0 saturated carbocycles. The molecule has 0 aromatic rings. The average molecular weight is 180 g/mol. The van der Waals surface area contributed by atoms with E-state index in [1.54, 1.807) is 32.1 Å². The number of hydrogen-bond donors (Lipinski definition) is 0. The standard InChI is InChI=1S/C11H16O2/c1-4-6-7-8-9-10(3)11(12)13-5-2/h4,6-10H,1,5H2,2-3H3. The molecule has 0 bridgehead atoms. The number of carbonyl (C=O) groups is 1. The number of ether oxygens (including phenoxy) is 1. The Kier molecular flexibility index (Phi) is 6.60. The van der Waals surface area contributed by atoms with E-state index in [0.717, 1.165) is 0 Å². The van der Waals surface area contributed by atoms with Crippen molar-refractivity contribution in [1.82, 2.24) is 0 Å². The van der Waals surface area contributed by atoms with Crippen LogP contribution >= 0.6 is 0 Å². The SMILES string of the molecule is C=CC=CC=CC(C)C(=O)OCC. The molecule has 0 aromatic carbocycles. The first kappa shape index (κ1) is 11.7. The van der Waals surface area contributed by atoms with Crippen LogP contribution in [-0.2, 0) is 9.53 Å². The van der Waals surface area contributed by atoms with Crippen LogP contribution in [-0.4, -0.2) is 12.6 Å². The van der Waals surface area contributed by atoms with Crippen molar-refractivity contribution in [2.45, 2.75) is 13.8 Å². The van der Waals surface area contributed by atoms with Crippen LogP contribution in [0.4, 0.5) is 0 Å². The third kappa shape index (κ3) is 5.91. The third-order valence-corrected chi connectivity index (χ3v) is 1.42. The molecule has 0 amide bonds. The summed E-state index contributed by atoms with van der Waals surface area (Å²) in [7, 11) is 0. The zero-order chi connectivity index (χ0) is 10.1. The maximum atomic E-state index is 11.1. The molecule has 1 atom stereocenters. The molecule has 2 heteroatoms. The van der Waals surface area contributed by atoms with Gasteiger partial charge in [0.05, 0.1) is 12.5 Å². The highest BCUT2D eigenvalue weighted by Gasteiger charge is 2.08. The van der Waals surface area contributed by atoms with E-state index >= 15 is 0 Å². The Labute approximate surface area is 79.6 Å². The average Bonchev–Trinajstić information content (AvgIpc) is 2.12. The summed E-state index contributed by atoms with van der Waals surface area (Å²) in [6, 6.07) is 0. The fourth-order valence-corrected chi connectivity index (χ4v) is 0.726. The van der Waals surface area contributed by atoms with Gasteiger partial charge in [-0.1, -0.05) is 37.0 Å². The Morgan fingerprint density at radius 1 is 1.46 bits per heavy atom. The lowest BCUT2D eigenvalue weighted by Gasteiger charge is -2.04. The van der Waals surface area contributed by atoms with Crippen molar-refractivity contribution in [3.8, 4) is 0 Å². The Bertz CT molecular complexity index is 214. The van der Waals surface area contributed by atoms with E-state index in [-0.39, 0.29) is 11.9 Å². The Morgan fingerprint density at radius 3 is 2.69 bits per heavy atom. The van der Waals surface area contributed by atoms with Crippen molar-refractivity contribution in [2.75, 3.05) is 6.61 Å². The monoisotopic (exact) mass is 180 g/mol. The highest BCUT2D eigenvalue weighted by molar-refractivity contribution is 5.73. The van der Waals surface area contributed by atoms with E-state index in [1.807, 2.05) is 12.2 Å². The zero-order valence-electron chi connectivity index (χ0n) is 8.19. The predicted molar refractivity (Wildman–Crippen MR) is 54.3 cm³/mol. The van der Waals surface area contributed by atoms with Gasteiger partial charge >= 0.3 is 5.97 Å². The van der Waals surface area contributed by atoms with Gasteiger partial charge < -0.3 is 4.74 Å². The topological polar surface area (TPSA) is 26.3 Å². The minimum atomic E-state index is -0.189. The summed E-state index contributed by atoms with van der Waals surface area (Å²) in [6.45, 7) is 7.56. The summed E-state index contributed by atoms with van der Waals surface area (Å²) in [4.78, 5) is 11.1. The van der Waals surface area contributed by atoms with Gasteiger partial charge in [0.15, 0.2) is 0 Å². The second-order valence-corrected chi connectivity index (χ2v) is 2.55. The molecule has 0 radical (unpaired) electrons. The van der Waals surface area contributed by atoms with Gasteiger partial charge in [0.2, 0.25) is 0 Å². The van der Waals surface area contributed by atoms with E-state index in [4.69, 9.17) is 4.74 Å². The molecule has 0 saturated heterocycles. The molecule has 0 rings (SSSR count). The number of allylic oxidation sites excluding steroid dienone is 4. The molecule has 0 heterocycles. The third-order valence-electron chi connectivity index (χ3n) is 1.42. The van der Waals surface area contributed by atoms with E-state index in [1.165, 1.54) is 0 Å². The van der Waals surface area contributed by atoms with Crippen LogP contribution in [0.3, 0.4) is 0 Å². The van der Waals surface area contributed by atoms with Gasteiger partial charge in [-0.3, -0.25) is 4.79 Å². The first-order chi connectivity index (χ1) is 6.22. The first-order valence-corrected chi connectivity index (χ1v) is 4.34. The van der Waals surface area contributed by atoms with E-state index in [0.29, 0.717) is 6.61 Å². The largest absolute Gasteiger partial charge is 0.466 e. The van der Waals surface area contributed by atoms with Crippen molar-refractivity contribution in [3.05, 3.63) is 37.0 Å². The molecule has 0 spiro atoms. The summed E-state index contributed by atoms with van der Waals surface area (Å²) in [5.41, 5.74) is 0. The summed E-state index contributed by atoms with van der Waals surface area (Å²) in [5.74, 6) is -0.375. The lowest BCUT2D eigenvalue weighted by molar-refractivity contribution is -0.145. The van der Waals surface area contributed by atoms with Gasteiger partial charge in [0.1, 0.15) is 0 Å². The number of rotatable bonds is 5. The maximum absolute atomic E-state index is 11.1. The molecule has 0 N–H and O–H groups in total. The number of esters is 1. The van der Waals surface area contributed by atoms with Gasteiger partial charge in [-0.05, 0) is 13.8 Å². The highest BCUT2D eigenvalue weighted by Crippen LogP contribution is 2.00. The van der Waals surface area contributed by atoms with Crippen LogP contribution in [0.1, 0.15) is 13.8 Å². The van der Waals surface area contributed by atoms with Crippen LogP contribution in [0.25, 0.3) is 0 Å². The van der Waals surface area contributed by atoms with E-state index < -0.39 is 0 Å². The minimum Gasteiger partial charge on any atom is -0.466 e. The van der Waals surface area contributed by atoms with Gasteiger partial charge in [0.25, 0.3) is 0 Å². The smallest absolute Gasteiger partial charge is 0.312 e. The van der Waals surface area contributed by atoms with Crippen LogP contribution in [0.15, 0.2) is 37.0 Å². The highest BCUT2D eigenvalue weighted by atomic mass is 16.5. The van der Waals surface area contributed by atoms with Crippen LogP contribution in [0.2, 0.25) is 0 Å². The molecule has 0 aliphatic rings. The molecule has 1 unspecified atom stereocenters. The second kappa shape index (κ2) is 7.35. The number of carbonyl (C=O) groups excluding carboxylic acids is 1. The maximum Gasteiger partial charge on any atom is 0.312 e. The van der Waals surface area contributed by atoms with Gasteiger partial charge in [-0.15, -0.1) is 0 Å². The second-order valence-electron chi connectivity index (χ2n) is 2.55. The fraction of sp³-hybridized carbons (Fsp3) is 0.364. The van der Waals surface area contributed by atoms with Crippen LogP contribution in [0.5, 0.6) is 0 Å². The normalized spacial score (nSPS) is 13.4. The molecule has 0 aliphatic carbocycles. The molecule has 13 heavy (non-hydrogen) atoms. The molecule has 2 nitrogen and oxygen atoms in total. The van der Waals surface area contributed by atoms with E-state index in [2.05, 4.69) is 6.58 Å². The van der Waals surface area contributed by atoms with Crippen LogP contribution in [0, 0.1) is 5.92 Å². The van der Waals surface area contributed by atoms with Crippen molar-refractivity contribution in [2.24, 2.45) is 5.92 Å². The Morgan fingerprint density at radius 2 is 2.15 bits per heavy atom. The summed E-state index contributed by atoms with van der Waals surface area (Å²) in [5, 5.41) is 0. The molecular formula is C11H16O2. The number of hydrogen-bond acceptors (Lipinski definition) is 2. The summed E-state index contributed by atoms with van der Waals surface area (Å²) < 4.78 is 4.83. The van der Waals surface area contributed by atoms with Crippen molar-refractivity contribution in [1.29, 1.82) is 0 Å². The quantitative estimate of drug-likeness (QED) is 0.480. The van der Waals surface area contributed by atoms with Gasteiger partial charge in [-0.25, -0.2) is 0 Å². The molecule has 0 aromatic heterocycles. The summed E-state index contributed by atoms with van der Waals surface area (Å²) >= 11 is 0. The van der Waals surface area contributed by atoms with Crippen molar-refractivity contribution < 1.29 is 9.53 Å². The van der Waals surface area contributed by atoms with Gasteiger partial charge in [-0.2, -0.15) is 0 Å². The first-order valence-electron chi connectivity index (χ1n) is 4.34. The van der Waals surface area contributed by atoms with Crippen LogP contribution < -0.4 is 0 Å². The summed E-state index contributed by atoms with van der Waals surface area (Å²) in [6.07, 6.45) is 8.90. The predicted octanol–water partition coefficient (Wildman–Crippen LogP) is 2.48. The molecule has 0 aliphatic heterocycles. The fourth-order valence-electron chi connectivity index (χ4n) is 0.726. The lowest BCUT2D eigenvalue weighted by Crippen LogP contribution is -2.12. The molecular weight excluding hydrogens is 164 g/mol. The Balaban J connectivity index is 3.90. The van der Waals surface area contributed by atoms with E-state index in [9.17, 15) is 4.79 Å². The van der Waals surface area contributed by atoms with Crippen molar-refractivity contribution in [3.63, 3.8) is 0 Å². The molecule has 72 valence electrons. The lowest BCUT2D eigenvalue weighted by atomic mass is 10.1. The Hall–Kier alpha value is -1.31. The zero-order valence-corrected chi connectivity index (χ0v) is 8.19. The van der Waals surface area contributed by atoms with Gasteiger partial charge in [0, 0.05) is 0 Å². The molecule has 0 fully saturated rings.